The number of nitrogens with two attached hydrogens (primary N) is 2. The number of esters is 8. The van der Waals surface area contributed by atoms with Crippen LogP contribution < -0.4 is 38.1 Å². The van der Waals surface area contributed by atoms with Crippen LogP contribution in [0.1, 0.15) is 177 Å². The van der Waals surface area contributed by atoms with E-state index in [4.69, 9.17) is 176 Å². The number of alkyl halides is 6. The quantitative estimate of drug-likeness (QED) is 0.00751. The van der Waals surface area contributed by atoms with Gasteiger partial charge in [-0.2, -0.15) is 0 Å². The van der Waals surface area contributed by atoms with Crippen LogP contribution in [0.25, 0.3) is 0 Å². The number of benzene rings is 1. The molecule has 0 saturated carbocycles. The maximum Gasteiger partial charge on any atom is 0.407 e. The summed E-state index contributed by atoms with van der Waals surface area (Å²) in [5, 5.41) is 21.9. The Hall–Kier alpha value is -8.37. The van der Waals surface area contributed by atoms with Gasteiger partial charge in [0.25, 0.3) is 3.79 Å². The molecule has 5 aliphatic rings. The van der Waals surface area contributed by atoms with E-state index in [2.05, 4.69) is 46.3 Å². The highest BCUT2D eigenvalue weighted by Crippen LogP contribution is 2.39. The van der Waals surface area contributed by atoms with Gasteiger partial charge in [0.2, 0.25) is 45.5 Å². The van der Waals surface area contributed by atoms with Crippen LogP contribution in [0.15, 0.2) is 68.3 Å². The second kappa shape index (κ2) is 67.6. The highest BCUT2D eigenvalue weighted by molar-refractivity contribution is 6.76. The highest BCUT2D eigenvalue weighted by atomic mass is 35.6. The Morgan fingerprint density at radius 2 is 0.690 bits per heavy atom. The van der Waals surface area contributed by atoms with Gasteiger partial charge in [-0.25, -0.2) is 4.79 Å². The Morgan fingerprint density at radius 1 is 0.407 bits per heavy atom. The lowest BCUT2D eigenvalue weighted by molar-refractivity contribution is -0.247. The summed E-state index contributed by atoms with van der Waals surface area (Å²) in [5.41, 5.74) is 12.6. The van der Waals surface area contributed by atoms with E-state index in [-0.39, 0.29) is 223 Å². The van der Waals surface area contributed by atoms with Gasteiger partial charge in [-0.1, -0.05) is 235 Å². The fourth-order valence-corrected chi connectivity index (χ4v) is 15.1. The van der Waals surface area contributed by atoms with Gasteiger partial charge in [-0.15, -0.1) is 0 Å². The van der Waals surface area contributed by atoms with Gasteiger partial charge in [-0.3, -0.25) is 67.7 Å². The van der Waals surface area contributed by atoms with E-state index in [1.807, 2.05) is 92.6 Å². The van der Waals surface area contributed by atoms with Crippen LogP contribution in [0.5, 0.6) is 0 Å². The van der Waals surface area contributed by atoms with Crippen molar-refractivity contribution >= 4 is 159 Å². The van der Waals surface area contributed by atoms with Crippen molar-refractivity contribution in [2.24, 2.45) is 94.3 Å². The summed E-state index contributed by atoms with van der Waals surface area (Å²) in [7, 11) is 0. The zero-order valence-electron chi connectivity index (χ0n) is 87.0. The molecule has 47 heteroatoms. The normalized spacial score (nSPS) is 27.8. The van der Waals surface area contributed by atoms with E-state index in [1.165, 1.54) is 52.8 Å². The van der Waals surface area contributed by atoms with Crippen LogP contribution in [0.2, 0.25) is 0 Å². The fourth-order valence-electron chi connectivity index (χ4n) is 14.8. The van der Waals surface area contributed by atoms with Crippen LogP contribution in [0.3, 0.4) is 0 Å². The van der Waals surface area contributed by atoms with Gasteiger partial charge in [0.15, 0.2) is 25.2 Å². The Morgan fingerprint density at radius 3 is 0.972 bits per heavy atom. The third-order valence-corrected chi connectivity index (χ3v) is 25.8. The topological polar surface area (TPSA) is 550 Å². The number of ether oxygens (including phenoxy) is 19. The molecule has 10 unspecified atom stereocenters. The molecular formula is C98H154Cl6N8O33. The lowest BCUT2D eigenvalue weighted by Gasteiger charge is -2.44. The number of hydrogen-bond acceptors (Lipinski definition) is 35. The van der Waals surface area contributed by atoms with Gasteiger partial charge in [0.1, 0.15) is 65.5 Å². The first-order chi connectivity index (χ1) is 67.8. The average Bonchev–Trinajstić information content (AvgIpc) is 0.809. The van der Waals surface area contributed by atoms with Crippen LogP contribution in [0, 0.1) is 88.3 Å². The molecule has 30 atom stereocenters. The number of primary amides is 1. The molecular weight excluding hydrogens is 2030 g/mol. The molecule has 5 heterocycles. The number of carbonyl (C=O) groups excluding carboxylic acids is 14. The van der Waals surface area contributed by atoms with Crippen molar-refractivity contribution < 1.29 is 157 Å². The van der Waals surface area contributed by atoms with Gasteiger partial charge in [0.05, 0.1) is 111 Å². The van der Waals surface area contributed by atoms with Crippen molar-refractivity contribution in [2.45, 2.75) is 284 Å². The summed E-state index contributed by atoms with van der Waals surface area (Å²) in [6.07, 6.45) is -1.51. The summed E-state index contributed by atoms with van der Waals surface area (Å²) in [6, 6.07) is 6.04. The van der Waals surface area contributed by atoms with Crippen molar-refractivity contribution in [2.75, 3.05) is 85.9 Å². The second-order valence-corrected chi connectivity index (χ2v) is 41.2. The third kappa shape index (κ3) is 48.9. The smallest absolute Gasteiger partial charge is 0.407 e. The Bertz CT molecular complexity index is 4160. The summed E-state index contributed by atoms with van der Waals surface area (Å²) >= 11 is 33.7. The molecule has 145 heavy (non-hydrogen) atoms. The number of amides is 6. The van der Waals surface area contributed by atoms with Crippen molar-refractivity contribution in [3.8, 4) is 0 Å². The minimum atomic E-state index is -2.15. The van der Waals surface area contributed by atoms with Crippen LogP contribution in [-0.4, -0.2) is 281 Å². The molecule has 5 fully saturated rings. The second-order valence-electron chi connectivity index (χ2n) is 36.4. The first-order valence-corrected chi connectivity index (χ1v) is 50.4. The predicted octanol–water partition coefficient (Wildman–Crippen LogP) is 10.6. The molecule has 5 aliphatic heterocycles. The molecule has 1 aromatic carbocycles. The zero-order valence-corrected chi connectivity index (χ0v) is 91.5. The lowest BCUT2D eigenvalue weighted by Crippen LogP contribution is -2.59. The molecule has 10 N–H and O–H groups in total. The summed E-state index contributed by atoms with van der Waals surface area (Å²) < 4.78 is 99.8. The number of hydrogen-bond donors (Lipinski definition) is 8. The van der Waals surface area contributed by atoms with E-state index in [1.54, 1.807) is 55.4 Å². The Balaban J connectivity index is 0.000000616. The Labute approximate surface area is 880 Å². The van der Waals surface area contributed by atoms with Gasteiger partial charge < -0.3 is 128 Å². The number of rotatable bonds is 45. The molecule has 1 aromatic rings. The van der Waals surface area contributed by atoms with Crippen molar-refractivity contribution in [1.82, 2.24) is 26.6 Å². The predicted molar refractivity (Wildman–Crippen MR) is 536 cm³/mol. The molecule has 5 saturated heterocycles. The maximum atomic E-state index is 12.8. The van der Waals surface area contributed by atoms with E-state index >= 15 is 0 Å². The largest absolute Gasteiger partial charge is 0.463 e. The molecule has 826 valence electrons. The third-order valence-electron chi connectivity index (χ3n) is 25.0. The average molecular weight is 2190 g/mol. The van der Waals surface area contributed by atoms with Gasteiger partial charge in [-0.05, 0) is 85.5 Å². The molecule has 0 spiro atoms. The maximum absolute atomic E-state index is 12.8. The number of alkyl carbamates (subject to hydrolysis) is 1. The molecule has 0 aliphatic carbocycles. The standard InChI is InChI=1S/C26H39N3O7.2C20H33NO7.C17H29NO6.C15H20Cl6N2O6/c1-6-22(31)29-23-17(4)16(3)21(14-34-18(5)30)36-26(23)35-13-15(2)25(33)28-20(24(27)32)12-19-10-8-7-9-11-19;2*1-7-9-25-19(24)12(3)10-27-20-18(21-17(23)8-2)14(5)13(4)16(28-20)11-26-15(6)22;1-6-7-21-16(20)10(2)8-23-17-15(18)12(4)11(3)14(24-17)9-22-13(5)19;1-6-7(2)10(23-13(25)27-5-14(16,17)18)11(29-12(22)15(19,20)21)28-9(6)4-26-8(3)24/h7-11,15-17,20-21,23,26H,6,12-14H2,1-5H3,(H2,27,32)(H,28,33)(H,29,31);2*7,12-14,16,18,20H,1,8-11H2,2-6H3,(H,21,23);6,10-12,14-15,17H,1,7-9,18H2,2-5H3;6-7,9-11,22H,4-5H2,1-3H3,(H,23,25)/t15-,16-,17-,20-,21?,23-,26?;2*12-,13-,14-,16?,18-,20?;10-,11-,12-,14?,15-,17?;6-,7-,9?,10-,11?/m00000/s1. The molecule has 41 nitrogen and oxygen atoms in total. The van der Waals surface area contributed by atoms with Crippen molar-refractivity contribution in [3.05, 3.63) is 73.9 Å². The number of nitrogens with one attached hydrogen (secondary N) is 6. The van der Waals surface area contributed by atoms with Gasteiger partial charge >= 0.3 is 53.8 Å². The number of carbonyl (C=O) groups is 14. The molecule has 6 rings (SSSR count). The van der Waals surface area contributed by atoms with E-state index < -0.39 is 147 Å². The van der Waals surface area contributed by atoms with E-state index in [0.717, 1.165) is 5.56 Å². The highest BCUT2D eigenvalue weighted by Gasteiger charge is 2.50. The van der Waals surface area contributed by atoms with Crippen LogP contribution in [0.4, 0.5) is 4.79 Å². The fraction of sp³-hybridized carbons (Fsp3) is 0.724. The van der Waals surface area contributed by atoms with Crippen LogP contribution in [-0.2, 0) is 159 Å². The first kappa shape index (κ1) is 133. The summed E-state index contributed by atoms with van der Waals surface area (Å²) in [4.78, 5) is 164. The monoisotopic (exact) mass is 2180 g/mol. The van der Waals surface area contributed by atoms with Crippen molar-refractivity contribution in [1.29, 1.82) is 5.41 Å². The minimum Gasteiger partial charge on any atom is -0.463 e. The van der Waals surface area contributed by atoms with E-state index in [0.29, 0.717) is 19.3 Å². The van der Waals surface area contributed by atoms with Crippen LogP contribution >= 0.6 is 69.6 Å². The lowest BCUT2D eigenvalue weighted by atomic mass is 9.82. The van der Waals surface area contributed by atoms with E-state index in [9.17, 15) is 67.1 Å². The van der Waals surface area contributed by atoms with Gasteiger partial charge in [0, 0.05) is 60.3 Å². The first-order valence-electron chi connectivity index (χ1n) is 48.2. The zero-order chi connectivity index (χ0) is 110. The molecule has 6 amide bonds. The number of halogens is 6. The van der Waals surface area contributed by atoms with Crippen molar-refractivity contribution in [3.63, 3.8) is 0 Å². The molecule has 0 aromatic heterocycles. The SMILES string of the molecule is C=CCOC(=O)[C@@H](C)COC1OC(COC(C)=O)[C@@H](C)[C@H](C)[C@@H]1N.C=CCOC(=O)[C@@H](C)COC1OC(COC(C)=O)[C@@H](C)[C@H](C)[C@@H]1NC(=O)CC.C=CCOC(=O)[C@@H](C)COC1OC(COC(C)=O)[C@@H](C)[C@H](C)[C@@H]1NC(=O)CC.CC(=O)OCC1OC(OC(=N)C(Cl)(Cl)Cl)[C@@H](NC(=O)OCC(Cl)(Cl)Cl)[C@@H](C)[C@@H]1C.CCC(=O)N[C@@H]1C(OC[C@H](C)C(=O)N[C@@H](Cc2ccccc2)C(N)=O)OC(COC(C)=O)[C@@H](C)[C@@H]1C. The summed E-state index contributed by atoms with van der Waals surface area (Å²) in [6.45, 7) is 49.3. The minimum absolute atomic E-state index is 0.0119. The summed E-state index contributed by atoms with van der Waals surface area (Å²) in [5.74, 6) is -7.66. The Kier molecular flexibility index (Phi) is 61.9. The molecule has 0 bridgehead atoms. The molecule has 0 radical (unpaired) electrons.